The van der Waals surface area contributed by atoms with E-state index in [0.717, 1.165) is 25.9 Å². The summed E-state index contributed by atoms with van der Waals surface area (Å²) in [6.07, 6.45) is 2.56. The Labute approximate surface area is 121 Å². The van der Waals surface area contributed by atoms with E-state index in [1.54, 1.807) is 0 Å². The van der Waals surface area contributed by atoms with Crippen LogP contribution in [0.2, 0.25) is 0 Å². The quantitative estimate of drug-likeness (QED) is 0.918. The molecule has 1 N–H and O–H groups in total. The van der Waals surface area contributed by atoms with Crippen LogP contribution in [0, 0.1) is 6.92 Å². The second-order valence-electron chi connectivity index (χ2n) is 5.04. The number of hydrogen-bond donors (Lipinski definition) is 1. The van der Waals surface area contributed by atoms with E-state index in [4.69, 9.17) is 0 Å². The van der Waals surface area contributed by atoms with Crippen LogP contribution in [0.4, 0.5) is 0 Å². The summed E-state index contributed by atoms with van der Waals surface area (Å²) in [5.41, 5.74) is 2.56. The van der Waals surface area contributed by atoms with Crippen LogP contribution in [0.25, 0.3) is 0 Å². The minimum atomic E-state index is 0. The van der Waals surface area contributed by atoms with Gasteiger partial charge in [0.1, 0.15) is 0 Å². The molecule has 2 rings (SSSR count). The smallest absolute Gasteiger partial charge is 0.222 e. The maximum atomic E-state index is 12.1. The third-order valence-corrected chi connectivity index (χ3v) is 3.82. The monoisotopic (exact) mass is 282 g/mol. The van der Waals surface area contributed by atoms with Gasteiger partial charge in [-0.1, -0.05) is 24.3 Å². The van der Waals surface area contributed by atoms with Gasteiger partial charge in [0.05, 0.1) is 0 Å². The van der Waals surface area contributed by atoms with Gasteiger partial charge in [-0.05, 0) is 37.9 Å². The van der Waals surface area contributed by atoms with Crippen LogP contribution < -0.4 is 5.32 Å². The van der Waals surface area contributed by atoms with Crippen molar-refractivity contribution in [2.75, 3.05) is 20.1 Å². The summed E-state index contributed by atoms with van der Waals surface area (Å²) in [6.45, 7) is 3.87. The predicted octanol–water partition coefficient (Wildman–Crippen LogP) is 2.17. The molecule has 0 bridgehead atoms. The molecule has 1 aromatic carbocycles. The van der Waals surface area contributed by atoms with E-state index in [1.165, 1.54) is 11.1 Å². The zero-order valence-electron chi connectivity index (χ0n) is 11.7. The molecule has 1 amide bonds. The van der Waals surface area contributed by atoms with Crippen LogP contribution in [0.3, 0.4) is 0 Å². The first kappa shape index (κ1) is 16.0. The molecule has 106 valence electrons. The van der Waals surface area contributed by atoms with Gasteiger partial charge in [-0.25, -0.2) is 0 Å². The number of nitrogens with zero attached hydrogens (tertiary/aromatic N) is 1. The van der Waals surface area contributed by atoms with Crippen molar-refractivity contribution in [1.82, 2.24) is 10.2 Å². The molecule has 1 unspecified atom stereocenters. The third-order valence-electron chi connectivity index (χ3n) is 3.82. The number of benzene rings is 1. The van der Waals surface area contributed by atoms with Crippen molar-refractivity contribution in [3.8, 4) is 0 Å². The van der Waals surface area contributed by atoms with Crippen LogP contribution in [-0.4, -0.2) is 37.0 Å². The van der Waals surface area contributed by atoms with E-state index in [-0.39, 0.29) is 18.3 Å². The Bertz CT molecular complexity index is 422. The highest BCUT2D eigenvalue weighted by Gasteiger charge is 2.24. The van der Waals surface area contributed by atoms with Crippen molar-refractivity contribution >= 4 is 18.3 Å². The molecule has 0 radical (unpaired) electrons. The third kappa shape index (κ3) is 4.22. The average molecular weight is 283 g/mol. The Kier molecular flexibility index (Phi) is 6.32. The summed E-state index contributed by atoms with van der Waals surface area (Å²) in [5, 5.41) is 3.24. The highest BCUT2D eigenvalue weighted by atomic mass is 35.5. The first-order chi connectivity index (χ1) is 8.70. The van der Waals surface area contributed by atoms with Crippen LogP contribution in [-0.2, 0) is 11.2 Å². The number of halogens is 1. The van der Waals surface area contributed by atoms with Crippen LogP contribution >= 0.6 is 12.4 Å². The molecule has 1 aromatic rings. The summed E-state index contributed by atoms with van der Waals surface area (Å²) in [5.74, 6) is 0.288. The molecule has 0 saturated carbocycles. The Morgan fingerprint density at radius 1 is 1.42 bits per heavy atom. The SMILES string of the molecule is CNC1CCN(C(=O)CCc2ccccc2C)C1.Cl. The second kappa shape index (κ2) is 7.51. The normalized spacial score (nSPS) is 18.2. The molecular weight excluding hydrogens is 260 g/mol. The predicted molar refractivity (Wildman–Crippen MR) is 80.8 cm³/mol. The highest BCUT2D eigenvalue weighted by molar-refractivity contribution is 5.85. The van der Waals surface area contributed by atoms with Crippen molar-refractivity contribution in [3.05, 3.63) is 35.4 Å². The minimum Gasteiger partial charge on any atom is -0.341 e. The first-order valence-corrected chi connectivity index (χ1v) is 6.70. The van der Waals surface area contributed by atoms with Gasteiger partial charge in [0.15, 0.2) is 0 Å². The molecular formula is C15H23ClN2O. The maximum absolute atomic E-state index is 12.1. The van der Waals surface area contributed by atoms with Gasteiger partial charge in [0.25, 0.3) is 0 Å². The molecule has 4 heteroatoms. The van der Waals surface area contributed by atoms with Crippen LogP contribution in [0.5, 0.6) is 0 Å². The molecule has 1 aliphatic heterocycles. The number of carbonyl (C=O) groups is 1. The van der Waals surface area contributed by atoms with E-state index >= 15 is 0 Å². The van der Waals surface area contributed by atoms with Gasteiger partial charge >= 0.3 is 0 Å². The number of likely N-dealkylation sites (tertiary alicyclic amines) is 1. The topological polar surface area (TPSA) is 32.3 Å². The Hall–Kier alpha value is -1.06. The molecule has 1 fully saturated rings. The summed E-state index contributed by atoms with van der Waals surface area (Å²) >= 11 is 0. The highest BCUT2D eigenvalue weighted by Crippen LogP contribution is 2.14. The summed E-state index contributed by atoms with van der Waals surface area (Å²) < 4.78 is 0. The van der Waals surface area contributed by atoms with Crippen molar-refractivity contribution < 1.29 is 4.79 Å². The van der Waals surface area contributed by atoms with Crippen molar-refractivity contribution in [1.29, 1.82) is 0 Å². The largest absolute Gasteiger partial charge is 0.341 e. The average Bonchev–Trinajstić information content (AvgIpc) is 2.86. The molecule has 1 saturated heterocycles. The Morgan fingerprint density at radius 3 is 2.79 bits per heavy atom. The van der Waals surface area contributed by atoms with Gasteiger partial charge in [0, 0.05) is 25.6 Å². The zero-order chi connectivity index (χ0) is 13.0. The number of aryl methyl sites for hydroxylation is 2. The van der Waals surface area contributed by atoms with Crippen molar-refractivity contribution in [3.63, 3.8) is 0 Å². The second-order valence-corrected chi connectivity index (χ2v) is 5.04. The number of amides is 1. The van der Waals surface area contributed by atoms with Gasteiger partial charge in [0.2, 0.25) is 5.91 Å². The minimum absolute atomic E-state index is 0. The lowest BCUT2D eigenvalue weighted by atomic mass is 10.0. The first-order valence-electron chi connectivity index (χ1n) is 6.70. The zero-order valence-corrected chi connectivity index (χ0v) is 12.5. The lowest BCUT2D eigenvalue weighted by molar-refractivity contribution is -0.130. The van der Waals surface area contributed by atoms with E-state index in [0.29, 0.717) is 12.5 Å². The molecule has 0 spiro atoms. The lowest BCUT2D eigenvalue weighted by Crippen LogP contribution is -2.33. The Morgan fingerprint density at radius 2 is 2.16 bits per heavy atom. The summed E-state index contributed by atoms with van der Waals surface area (Å²) in [4.78, 5) is 14.1. The number of nitrogens with one attached hydrogen (secondary N) is 1. The van der Waals surface area contributed by atoms with Gasteiger partial charge in [-0.2, -0.15) is 0 Å². The summed E-state index contributed by atoms with van der Waals surface area (Å²) in [6, 6.07) is 8.78. The number of likely N-dealkylation sites (N-methyl/N-ethyl adjacent to an activating group) is 1. The molecule has 19 heavy (non-hydrogen) atoms. The molecule has 3 nitrogen and oxygen atoms in total. The van der Waals surface area contributed by atoms with E-state index in [2.05, 4.69) is 24.4 Å². The van der Waals surface area contributed by atoms with E-state index < -0.39 is 0 Å². The fraction of sp³-hybridized carbons (Fsp3) is 0.533. The summed E-state index contributed by atoms with van der Waals surface area (Å²) in [7, 11) is 1.96. The molecule has 1 atom stereocenters. The van der Waals surface area contributed by atoms with Crippen molar-refractivity contribution in [2.45, 2.75) is 32.2 Å². The van der Waals surface area contributed by atoms with Gasteiger partial charge in [-0.15, -0.1) is 12.4 Å². The van der Waals surface area contributed by atoms with Gasteiger partial charge in [-0.3, -0.25) is 4.79 Å². The number of hydrogen-bond acceptors (Lipinski definition) is 2. The standard InChI is InChI=1S/C15H22N2O.ClH/c1-12-5-3-4-6-13(12)7-8-15(18)17-10-9-14(11-17)16-2;/h3-6,14,16H,7-11H2,1-2H3;1H. The maximum Gasteiger partial charge on any atom is 0.222 e. The molecule has 0 aliphatic carbocycles. The fourth-order valence-corrected chi connectivity index (χ4v) is 2.51. The van der Waals surface area contributed by atoms with E-state index in [9.17, 15) is 4.79 Å². The number of carbonyl (C=O) groups excluding carboxylic acids is 1. The number of rotatable bonds is 4. The van der Waals surface area contributed by atoms with Gasteiger partial charge < -0.3 is 10.2 Å². The van der Waals surface area contributed by atoms with E-state index in [1.807, 2.05) is 24.1 Å². The van der Waals surface area contributed by atoms with Crippen LogP contribution in [0.1, 0.15) is 24.0 Å². The van der Waals surface area contributed by atoms with Crippen molar-refractivity contribution in [2.24, 2.45) is 0 Å². The fourth-order valence-electron chi connectivity index (χ4n) is 2.51. The lowest BCUT2D eigenvalue weighted by Gasteiger charge is -2.16. The Balaban J connectivity index is 0.00000180. The molecule has 1 heterocycles. The molecule has 1 aliphatic rings. The molecule has 0 aromatic heterocycles. The van der Waals surface area contributed by atoms with Crippen LogP contribution in [0.15, 0.2) is 24.3 Å².